The van der Waals surface area contributed by atoms with Gasteiger partial charge in [-0.05, 0) is 18.8 Å². The van der Waals surface area contributed by atoms with Gasteiger partial charge in [-0.1, -0.05) is 0 Å². The fourth-order valence-electron chi connectivity index (χ4n) is 4.09. The van der Waals surface area contributed by atoms with E-state index in [-0.39, 0.29) is 11.3 Å². The second-order valence-corrected chi connectivity index (χ2v) is 7.49. The fourth-order valence-corrected chi connectivity index (χ4v) is 4.09. The van der Waals surface area contributed by atoms with Crippen LogP contribution in [0.5, 0.6) is 0 Å². The zero-order valence-corrected chi connectivity index (χ0v) is 15.4. The second-order valence-electron chi connectivity index (χ2n) is 7.49. The first-order chi connectivity index (χ1) is 13.6. The number of rotatable bonds is 3. The molecule has 0 saturated carbocycles. The highest BCUT2D eigenvalue weighted by molar-refractivity contribution is 6.02. The van der Waals surface area contributed by atoms with Crippen molar-refractivity contribution in [2.24, 2.45) is 11.8 Å². The molecule has 0 bridgehead atoms. The number of imidazole rings is 1. The van der Waals surface area contributed by atoms with Gasteiger partial charge >= 0.3 is 0 Å². The summed E-state index contributed by atoms with van der Waals surface area (Å²) in [5.41, 5.74) is 1.45. The van der Waals surface area contributed by atoms with Gasteiger partial charge in [0, 0.05) is 44.6 Å². The zero-order chi connectivity index (χ0) is 19.3. The number of carbonyl (C=O) groups excluding carboxylic acids is 1. The van der Waals surface area contributed by atoms with Gasteiger partial charge in [0.25, 0.3) is 5.91 Å². The van der Waals surface area contributed by atoms with Gasteiger partial charge in [-0.3, -0.25) is 4.79 Å². The minimum Gasteiger partial charge on any atom is -0.355 e. The van der Waals surface area contributed by atoms with Gasteiger partial charge in [0.1, 0.15) is 11.5 Å². The van der Waals surface area contributed by atoms with Crippen LogP contribution in [0.4, 0.5) is 15.9 Å². The number of hydrogen-bond donors (Lipinski definition) is 2. The smallest absolute Gasteiger partial charge is 0.275 e. The molecule has 2 saturated heterocycles. The Bertz CT molecular complexity index is 1040. The van der Waals surface area contributed by atoms with Crippen molar-refractivity contribution in [2.75, 3.05) is 36.4 Å². The minimum absolute atomic E-state index is 0.187. The number of aryl methyl sites for hydroxylation is 1. The monoisotopic (exact) mass is 381 g/mol. The van der Waals surface area contributed by atoms with E-state index in [1.165, 1.54) is 12.3 Å². The Morgan fingerprint density at radius 1 is 1.21 bits per heavy atom. The Hall–Kier alpha value is -3.07. The van der Waals surface area contributed by atoms with Gasteiger partial charge in [-0.25, -0.2) is 19.3 Å². The first-order valence-corrected chi connectivity index (χ1v) is 9.31. The van der Waals surface area contributed by atoms with Crippen LogP contribution in [-0.4, -0.2) is 51.4 Å². The third kappa shape index (κ3) is 2.97. The van der Waals surface area contributed by atoms with Crippen molar-refractivity contribution in [3.8, 4) is 0 Å². The van der Waals surface area contributed by atoms with Crippen molar-refractivity contribution in [2.45, 2.75) is 6.92 Å². The van der Waals surface area contributed by atoms with E-state index in [1.54, 1.807) is 29.9 Å². The minimum atomic E-state index is -0.499. The molecule has 1 amide bonds. The summed E-state index contributed by atoms with van der Waals surface area (Å²) >= 11 is 0. The van der Waals surface area contributed by atoms with Crippen molar-refractivity contribution in [1.29, 1.82) is 0 Å². The van der Waals surface area contributed by atoms with Gasteiger partial charge in [0.2, 0.25) is 0 Å². The van der Waals surface area contributed by atoms with Crippen molar-refractivity contribution in [3.63, 3.8) is 0 Å². The molecule has 0 radical (unpaired) electrons. The summed E-state index contributed by atoms with van der Waals surface area (Å²) in [6, 6.07) is 1.25. The molecule has 2 N–H and O–H groups in total. The van der Waals surface area contributed by atoms with E-state index < -0.39 is 11.7 Å². The van der Waals surface area contributed by atoms with Crippen LogP contribution < -0.4 is 15.5 Å². The van der Waals surface area contributed by atoms with Crippen molar-refractivity contribution in [1.82, 2.24) is 24.7 Å². The number of fused-ring (bicyclic) bond motifs is 2. The molecule has 0 aromatic carbocycles. The molecular formula is C19H20FN7O. The summed E-state index contributed by atoms with van der Waals surface area (Å²) in [5, 5.41) is 6.08. The highest BCUT2D eigenvalue weighted by Gasteiger charge is 2.36. The lowest BCUT2D eigenvalue weighted by atomic mass is 10.0. The van der Waals surface area contributed by atoms with Crippen LogP contribution in [-0.2, 0) is 0 Å². The van der Waals surface area contributed by atoms with Crippen LogP contribution in [0.3, 0.4) is 0 Å². The zero-order valence-electron chi connectivity index (χ0n) is 15.4. The standard InChI is InChI=1S/C19H20FN7O/c1-11-7-27-10-14(2-15(20)18(27)24-11)25-19(28)16-5-23-17(6-22-16)26-8-12-3-21-4-13(12)9-26/h2,5-7,10,12-13,21H,3-4,8-9H2,1H3,(H,25,28). The van der Waals surface area contributed by atoms with Gasteiger partial charge < -0.3 is 19.9 Å². The van der Waals surface area contributed by atoms with Gasteiger partial charge in [-0.2, -0.15) is 0 Å². The van der Waals surface area contributed by atoms with Crippen molar-refractivity contribution in [3.05, 3.63) is 48.1 Å². The molecule has 3 aromatic rings. The molecule has 28 heavy (non-hydrogen) atoms. The van der Waals surface area contributed by atoms with E-state index in [1.807, 2.05) is 0 Å². The summed E-state index contributed by atoms with van der Waals surface area (Å²) < 4.78 is 15.7. The molecule has 144 valence electrons. The lowest BCUT2D eigenvalue weighted by Gasteiger charge is -2.18. The normalized spacial score (nSPS) is 21.3. The number of amides is 1. The summed E-state index contributed by atoms with van der Waals surface area (Å²) in [6.45, 7) is 5.80. The molecule has 5 heterocycles. The number of nitrogens with one attached hydrogen (secondary N) is 2. The Morgan fingerprint density at radius 2 is 2.00 bits per heavy atom. The average Bonchev–Trinajstić information content (AvgIpc) is 3.36. The molecule has 2 aliphatic rings. The number of carbonyl (C=O) groups is 1. The molecule has 9 heteroatoms. The summed E-state index contributed by atoms with van der Waals surface area (Å²) in [4.78, 5) is 27.5. The third-order valence-corrected chi connectivity index (χ3v) is 5.47. The Labute approximate surface area is 160 Å². The number of hydrogen-bond acceptors (Lipinski definition) is 6. The summed E-state index contributed by atoms with van der Waals surface area (Å²) in [6.07, 6.45) is 6.42. The van der Waals surface area contributed by atoms with E-state index in [4.69, 9.17) is 0 Å². The molecule has 5 rings (SSSR count). The Balaban J connectivity index is 1.30. The van der Waals surface area contributed by atoms with Gasteiger partial charge in [-0.15, -0.1) is 0 Å². The predicted octanol–water partition coefficient (Wildman–Crippen LogP) is 1.48. The maximum atomic E-state index is 14.2. The van der Waals surface area contributed by atoms with Gasteiger partial charge in [0.05, 0.1) is 23.8 Å². The predicted molar refractivity (Wildman–Crippen MR) is 102 cm³/mol. The number of nitrogens with zero attached hydrogens (tertiary/aromatic N) is 5. The maximum Gasteiger partial charge on any atom is 0.275 e. The van der Waals surface area contributed by atoms with Crippen molar-refractivity contribution < 1.29 is 9.18 Å². The molecule has 3 aromatic heterocycles. The Kier molecular flexibility index (Phi) is 3.97. The summed E-state index contributed by atoms with van der Waals surface area (Å²) in [5.74, 6) is 1.16. The lowest BCUT2D eigenvalue weighted by molar-refractivity contribution is 0.102. The number of anilines is 2. The fraction of sp³-hybridized carbons (Fsp3) is 0.368. The van der Waals surface area contributed by atoms with Crippen LogP contribution in [0.1, 0.15) is 16.2 Å². The van der Waals surface area contributed by atoms with Crippen LogP contribution in [0.2, 0.25) is 0 Å². The molecule has 2 aliphatic heterocycles. The van der Waals surface area contributed by atoms with Crippen LogP contribution in [0.15, 0.2) is 30.9 Å². The topological polar surface area (TPSA) is 87.5 Å². The first kappa shape index (κ1) is 17.1. The third-order valence-electron chi connectivity index (χ3n) is 5.47. The largest absolute Gasteiger partial charge is 0.355 e. The second kappa shape index (κ2) is 6.52. The molecule has 8 nitrogen and oxygen atoms in total. The van der Waals surface area contributed by atoms with E-state index in [9.17, 15) is 9.18 Å². The van der Waals surface area contributed by atoms with E-state index in [0.717, 1.165) is 32.0 Å². The first-order valence-electron chi connectivity index (χ1n) is 9.31. The highest BCUT2D eigenvalue weighted by Crippen LogP contribution is 2.29. The van der Waals surface area contributed by atoms with E-state index in [0.29, 0.717) is 23.2 Å². The average molecular weight is 381 g/mol. The Morgan fingerprint density at radius 3 is 2.71 bits per heavy atom. The van der Waals surface area contributed by atoms with Crippen molar-refractivity contribution >= 4 is 23.1 Å². The van der Waals surface area contributed by atoms with E-state index in [2.05, 4.69) is 30.5 Å². The number of halogens is 1. The molecule has 2 atom stereocenters. The number of pyridine rings is 1. The van der Waals surface area contributed by atoms with Crippen LogP contribution in [0.25, 0.3) is 5.65 Å². The van der Waals surface area contributed by atoms with Crippen LogP contribution >= 0.6 is 0 Å². The molecule has 2 unspecified atom stereocenters. The number of aromatic nitrogens is 4. The summed E-state index contributed by atoms with van der Waals surface area (Å²) in [7, 11) is 0. The lowest BCUT2D eigenvalue weighted by Crippen LogP contribution is -2.26. The maximum absolute atomic E-state index is 14.2. The highest BCUT2D eigenvalue weighted by atomic mass is 19.1. The van der Waals surface area contributed by atoms with Crippen LogP contribution in [0, 0.1) is 24.6 Å². The molecule has 2 fully saturated rings. The van der Waals surface area contributed by atoms with Gasteiger partial charge in [0.15, 0.2) is 11.5 Å². The molecule has 0 aliphatic carbocycles. The molecule has 0 spiro atoms. The van der Waals surface area contributed by atoms with E-state index >= 15 is 0 Å². The quantitative estimate of drug-likeness (QED) is 0.715. The molecular weight excluding hydrogens is 361 g/mol. The SMILES string of the molecule is Cc1cn2cc(NC(=O)c3cnc(N4CC5CNCC5C4)cn3)cc(F)c2n1.